The largest absolute Gasteiger partial charge is 0.491 e. The molecule has 130 valence electrons. The van der Waals surface area contributed by atoms with E-state index in [0.717, 1.165) is 11.0 Å². The van der Waals surface area contributed by atoms with E-state index in [4.69, 9.17) is 9.47 Å². The monoisotopic (exact) mass is 348 g/mol. The van der Waals surface area contributed by atoms with Crippen molar-refractivity contribution in [2.45, 2.75) is 0 Å². The quantitative estimate of drug-likeness (QED) is 0.337. The fourth-order valence-electron chi connectivity index (χ4n) is 3.04. The second-order valence-electron chi connectivity index (χ2n) is 5.83. The molecule has 1 N–H and O–H groups in total. The van der Waals surface area contributed by atoms with Crippen molar-refractivity contribution < 1.29 is 19.4 Å². The van der Waals surface area contributed by atoms with E-state index in [1.165, 1.54) is 0 Å². The number of carbonyl (C=O) groups is 1. The number of carboxylic acid groups (broad SMARTS) is 1. The van der Waals surface area contributed by atoms with Crippen molar-refractivity contribution in [2.75, 3.05) is 20.3 Å². The van der Waals surface area contributed by atoms with Crippen molar-refractivity contribution in [1.82, 2.24) is 9.97 Å². The second kappa shape index (κ2) is 6.57. The Bertz CT molecular complexity index is 1140. The number of aromatic carboxylic acids is 1. The summed E-state index contributed by atoms with van der Waals surface area (Å²) in [5.41, 5.74) is 2.86. The molecule has 4 aromatic rings. The highest BCUT2D eigenvalue weighted by atomic mass is 16.5. The van der Waals surface area contributed by atoms with Crippen LogP contribution in [0.4, 0.5) is 0 Å². The zero-order chi connectivity index (χ0) is 18.1. The maximum atomic E-state index is 11.8. The molecule has 4 rings (SSSR count). The Morgan fingerprint density at radius 2 is 1.73 bits per heavy atom. The van der Waals surface area contributed by atoms with E-state index in [1.807, 2.05) is 36.4 Å². The Morgan fingerprint density at radius 1 is 0.962 bits per heavy atom. The smallest absolute Gasteiger partial charge is 0.336 e. The zero-order valence-corrected chi connectivity index (χ0v) is 14.1. The van der Waals surface area contributed by atoms with Crippen LogP contribution in [0.1, 0.15) is 10.4 Å². The van der Waals surface area contributed by atoms with Gasteiger partial charge in [-0.3, -0.25) is 0 Å². The van der Waals surface area contributed by atoms with Crippen molar-refractivity contribution in [2.24, 2.45) is 0 Å². The van der Waals surface area contributed by atoms with Gasteiger partial charge in [0.15, 0.2) is 0 Å². The lowest BCUT2D eigenvalue weighted by atomic mass is 10.0. The third kappa shape index (κ3) is 2.70. The van der Waals surface area contributed by atoms with Crippen LogP contribution in [-0.2, 0) is 4.74 Å². The van der Waals surface area contributed by atoms with Gasteiger partial charge in [0.25, 0.3) is 0 Å². The molecule has 0 saturated carbocycles. The molecule has 26 heavy (non-hydrogen) atoms. The Kier molecular flexibility index (Phi) is 4.10. The highest BCUT2D eigenvalue weighted by Crippen LogP contribution is 2.34. The Balaban J connectivity index is 2.04. The fourth-order valence-corrected chi connectivity index (χ4v) is 3.04. The fraction of sp³-hybridized carbons (Fsp3) is 0.150. The second-order valence-corrected chi connectivity index (χ2v) is 5.83. The minimum Gasteiger partial charge on any atom is -0.491 e. The first-order valence-electron chi connectivity index (χ1n) is 8.16. The number of benzene rings is 3. The van der Waals surface area contributed by atoms with Gasteiger partial charge in [-0.1, -0.05) is 12.1 Å². The molecule has 0 bridgehead atoms. The minimum atomic E-state index is -1.01. The van der Waals surface area contributed by atoms with Gasteiger partial charge in [-0.2, -0.15) is 0 Å². The number of nitrogens with zero attached hydrogens (tertiary/aromatic N) is 2. The Labute approximate surface area is 149 Å². The molecular formula is C20H16N2O4. The van der Waals surface area contributed by atoms with Gasteiger partial charge in [-0.15, -0.1) is 0 Å². The van der Waals surface area contributed by atoms with Gasteiger partial charge in [0, 0.05) is 17.9 Å². The average Bonchev–Trinajstić information content (AvgIpc) is 2.66. The molecule has 0 saturated heterocycles. The normalized spacial score (nSPS) is 11.3. The maximum Gasteiger partial charge on any atom is 0.336 e. The molecule has 0 aliphatic heterocycles. The van der Waals surface area contributed by atoms with Crippen LogP contribution in [0.3, 0.4) is 0 Å². The summed E-state index contributed by atoms with van der Waals surface area (Å²) in [4.78, 5) is 21.1. The molecular weight excluding hydrogens is 332 g/mol. The topological polar surface area (TPSA) is 81.5 Å². The third-order valence-electron chi connectivity index (χ3n) is 4.22. The summed E-state index contributed by atoms with van der Waals surface area (Å²) in [7, 11) is 1.60. The van der Waals surface area contributed by atoms with Gasteiger partial charge in [0.1, 0.15) is 12.4 Å². The molecule has 0 atom stereocenters. The summed E-state index contributed by atoms with van der Waals surface area (Å²) >= 11 is 0. The summed E-state index contributed by atoms with van der Waals surface area (Å²) in [6.45, 7) is 0.819. The zero-order valence-electron chi connectivity index (χ0n) is 14.1. The Morgan fingerprint density at radius 3 is 2.46 bits per heavy atom. The first-order chi connectivity index (χ1) is 12.7. The summed E-state index contributed by atoms with van der Waals surface area (Å²) in [5.74, 6) is -0.417. The highest BCUT2D eigenvalue weighted by molar-refractivity contribution is 6.16. The van der Waals surface area contributed by atoms with E-state index in [2.05, 4.69) is 9.97 Å². The summed E-state index contributed by atoms with van der Waals surface area (Å²) in [6, 6.07) is 14.4. The highest BCUT2D eigenvalue weighted by Gasteiger charge is 2.17. The summed E-state index contributed by atoms with van der Waals surface area (Å²) in [5, 5.41) is 10.9. The molecule has 0 spiro atoms. The molecule has 0 unspecified atom stereocenters. The lowest BCUT2D eigenvalue weighted by molar-refractivity contribution is 0.0699. The number of hydrogen-bond acceptors (Lipinski definition) is 5. The Hall–Kier alpha value is -3.25. The lowest BCUT2D eigenvalue weighted by Crippen LogP contribution is -2.06. The molecule has 0 aliphatic rings. The van der Waals surface area contributed by atoms with E-state index in [-0.39, 0.29) is 5.56 Å². The predicted octanol–water partition coefficient (Wildman–Crippen LogP) is 3.66. The number of ether oxygens (including phenoxy) is 2. The summed E-state index contributed by atoms with van der Waals surface area (Å²) < 4.78 is 10.8. The number of para-hydroxylation sites is 2. The van der Waals surface area contributed by atoms with E-state index in [0.29, 0.717) is 40.8 Å². The van der Waals surface area contributed by atoms with Crippen LogP contribution < -0.4 is 4.74 Å². The van der Waals surface area contributed by atoms with Crippen LogP contribution >= 0.6 is 0 Å². The standard InChI is InChI=1S/C20H16N2O4/c1-25-10-11-26-17-9-7-13(20(23)24)18-12(17)6-8-16-19(18)22-15-5-3-2-4-14(15)21-16/h2-9H,10-11H2,1H3,(H,23,24). The SMILES string of the molecule is COCCOc1ccc(C(=O)O)c2c1ccc1nc3ccccc3nc12. The first kappa shape index (κ1) is 16.2. The molecule has 1 heterocycles. The van der Waals surface area contributed by atoms with Crippen LogP contribution in [0.2, 0.25) is 0 Å². The van der Waals surface area contributed by atoms with Gasteiger partial charge in [0.05, 0.1) is 34.2 Å². The first-order valence-corrected chi connectivity index (χ1v) is 8.16. The van der Waals surface area contributed by atoms with Gasteiger partial charge in [-0.25, -0.2) is 14.8 Å². The molecule has 0 amide bonds. The van der Waals surface area contributed by atoms with Crippen LogP contribution in [-0.4, -0.2) is 41.4 Å². The molecule has 3 aromatic carbocycles. The number of aromatic nitrogens is 2. The molecule has 0 aliphatic carbocycles. The minimum absolute atomic E-state index is 0.175. The van der Waals surface area contributed by atoms with Crippen molar-refractivity contribution >= 4 is 38.8 Å². The number of rotatable bonds is 5. The van der Waals surface area contributed by atoms with Gasteiger partial charge in [-0.05, 0) is 36.4 Å². The van der Waals surface area contributed by atoms with Crippen molar-refractivity contribution in [1.29, 1.82) is 0 Å². The van der Waals surface area contributed by atoms with E-state index >= 15 is 0 Å². The average molecular weight is 348 g/mol. The molecule has 6 nitrogen and oxygen atoms in total. The van der Waals surface area contributed by atoms with Crippen LogP contribution in [0.25, 0.3) is 32.8 Å². The maximum absolute atomic E-state index is 11.8. The summed E-state index contributed by atoms with van der Waals surface area (Å²) in [6.07, 6.45) is 0. The van der Waals surface area contributed by atoms with Crippen LogP contribution in [0.15, 0.2) is 48.5 Å². The number of carboxylic acids is 1. The number of hydrogen-bond donors (Lipinski definition) is 1. The molecule has 0 radical (unpaired) electrons. The molecule has 0 fully saturated rings. The molecule has 1 aromatic heterocycles. The van der Waals surface area contributed by atoms with Crippen molar-refractivity contribution in [3.8, 4) is 5.75 Å². The number of fused-ring (bicyclic) bond motifs is 4. The van der Waals surface area contributed by atoms with E-state index in [1.54, 1.807) is 19.2 Å². The lowest BCUT2D eigenvalue weighted by Gasteiger charge is -2.12. The van der Waals surface area contributed by atoms with Crippen molar-refractivity contribution in [3.05, 3.63) is 54.1 Å². The van der Waals surface area contributed by atoms with Crippen LogP contribution in [0.5, 0.6) is 5.75 Å². The number of methoxy groups -OCH3 is 1. The molecule has 6 heteroatoms. The van der Waals surface area contributed by atoms with Crippen LogP contribution in [0, 0.1) is 0 Å². The van der Waals surface area contributed by atoms with Gasteiger partial charge in [0.2, 0.25) is 0 Å². The van der Waals surface area contributed by atoms with Gasteiger partial charge < -0.3 is 14.6 Å². The van der Waals surface area contributed by atoms with Gasteiger partial charge >= 0.3 is 5.97 Å². The third-order valence-corrected chi connectivity index (χ3v) is 4.22. The van der Waals surface area contributed by atoms with Crippen molar-refractivity contribution in [3.63, 3.8) is 0 Å². The predicted molar refractivity (Wildman–Crippen MR) is 98.9 cm³/mol. The van der Waals surface area contributed by atoms with E-state index in [9.17, 15) is 9.90 Å². The van der Waals surface area contributed by atoms with E-state index < -0.39 is 5.97 Å².